The third kappa shape index (κ3) is 4.40. The highest BCUT2D eigenvalue weighted by atomic mass is 35.5. The van der Waals surface area contributed by atoms with E-state index in [0.29, 0.717) is 16.3 Å². The lowest BCUT2D eigenvalue weighted by molar-refractivity contribution is 0.474. The first-order chi connectivity index (χ1) is 14.8. The minimum Gasteiger partial charge on any atom is -0.457 e. The smallest absolute Gasteiger partial charge is 0.178 e. The zero-order valence-electron chi connectivity index (χ0n) is 16.9. The zero-order valence-corrected chi connectivity index (χ0v) is 18.5. The largest absolute Gasteiger partial charge is 0.457 e. The molecule has 0 spiro atoms. The van der Waals surface area contributed by atoms with Crippen LogP contribution in [-0.2, 0) is 9.84 Å². The molecule has 0 atom stereocenters. The molecule has 0 N–H and O–H groups in total. The maximum atomic E-state index is 14.0. The molecule has 0 aliphatic heterocycles. The zero-order chi connectivity index (χ0) is 22.2. The number of hydrogen-bond donors (Lipinski definition) is 0. The van der Waals surface area contributed by atoms with E-state index in [0.717, 1.165) is 34.3 Å². The van der Waals surface area contributed by atoms with Crippen LogP contribution in [0.5, 0.6) is 11.5 Å². The van der Waals surface area contributed by atoms with Gasteiger partial charge < -0.3 is 4.74 Å². The SMILES string of the molecule is CCS(=O)(=O)c1cc(F)cc(Oc2cccc(-c3cc(C)nc4c(Cl)cccc34)c2)c1. The molecule has 3 aromatic carbocycles. The van der Waals surface area contributed by atoms with Gasteiger partial charge in [0.2, 0.25) is 0 Å². The lowest BCUT2D eigenvalue weighted by atomic mass is 10.00. The van der Waals surface area contributed by atoms with Crippen molar-refractivity contribution in [2.45, 2.75) is 18.7 Å². The lowest BCUT2D eigenvalue weighted by Gasteiger charge is -2.12. The van der Waals surface area contributed by atoms with Gasteiger partial charge in [-0.1, -0.05) is 42.8 Å². The number of pyridine rings is 1. The Morgan fingerprint density at radius 3 is 2.55 bits per heavy atom. The molecule has 0 aliphatic rings. The third-order valence-corrected chi connectivity index (χ3v) is 6.90. The highest BCUT2D eigenvalue weighted by molar-refractivity contribution is 7.91. The molecule has 0 bridgehead atoms. The molecule has 0 radical (unpaired) electrons. The van der Waals surface area contributed by atoms with Crippen LogP contribution in [-0.4, -0.2) is 19.2 Å². The molecular weight excluding hydrogens is 437 g/mol. The van der Waals surface area contributed by atoms with Crippen molar-refractivity contribution in [2.24, 2.45) is 0 Å². The lowest BCUT2D eigenvalue weighted by Crippen LogP contribution is -2.04. The van der Waals surface area contributed by atoms with Gasteiger partial charge in [0, 0.05) is 17.1 Å². The maximum absolute atomic E-state index is 14.0. The normalized spacial score (nSPS) is 11.6. The molecule has 158 valence electrons. The second-order valence-corrected chi connectivity index (χ2v) is 9.79. The minimum absolute atomic E-state index is 0.105. The first-order valence-electron chi connectivity index (χ1n) is 9.64. The number of fused-ring (bicyclic) bond motifs is 1. The van der Waals surface area contributed by atoms with Gasteiger partial charge in [-0.2, -0.15) is 0 Å². The summed E-state index contributed by atoms with van der Waals surface area (Å²) in [5.41, 5.74) is 3.34. The Kier molecular flexibility index (Phi) is 5.69. The van der Waals surface area contributed by atoms with E-state index in [1.54, 1.807) is 12.1 Å². The third-order valence-electron chi connectivity index (χ3n) is 4.88. The predicted octanol–water partition coefficient (Wildman–Crippen LogP) is 6.59. The van der Waals surface area contributed by atoms with Crippen molar-refractivity contribution >= 4 is 32.3 Å². The number of benzene rings is 3. The molecule has 0 aliphatic carbocycles. The molecule has 1 heterocycles. The summed E-state index contributed by atoms with van der Waals surface area (Å²) in [5, 5.41) is 1.47. The van der Waals surface area contributed by atoms with E-state index < -0.39 is 15.7 Å². The molecule has 31 heavy (non-hydrogen) atoms. The van der Waals surface area contributed by atoms with Gasteiger partial charge in [0.05, 0.1) is 21.2 Å². The average Bonchev–Trinajstić information content (AvgIpc) is 2.73. The fraction of sp³-hybridized carbons (Fsp3) is 0.125. The number of aromatic nitrogens is 1. The second kappa shape index (κ2) is 8.29. The molecule has 4 nitrogen and oxygen atoms in total. The molecule has 0 saturated heterocycles. The van der Waals surface area contributed by atoms with Crippen LogP contribution < -0.4 is 4.74 Å². The van der Waals surface area contributed by atoms with Gasteiger partial charge in [0.1, 0.15) is 17.3 Å². The number of rotatable bonds is 5. The predicted molar refractivity (Wildman–Crippen MR) is 121 cm³/mol. The van der Waals surface area contributed by atoms with E-state index in [9.17, 15) is 12.8 Å². The Morgan fingerprint density at radius 1 is 1.00 bits per heavy atom. The highest BCUT2D eigenvalue weighted by Gasteiger charge is 2.15. The van der Waals surface area contributed by atoms with Gasteiger partial charge in [0.25, 0.3) is 0 Å². The van der Waals surface area contributed by atoms with Crippen LogP contribution in [0.25, 0.3) is 22.0 Å². The van der Waals surface area contributed by atoms with Gasteiger partial charge in [-0.05, 0) is 54.4 Å². The number of aryl methyl sites for hydroxylation is 1. The van der Waals surface area contributed by atoms with Crippen molar-refractivity contribution in [3.05, 3.63) is 83.3 Å². The van der Waals surface area contributed by atoms with E-state index in [-0.39, 0.29) is 16.4 Å². The van der Waals surface area contributed by atoms with Crippen molar-refractivity contribution in [3.8, 4) is 22.6 Å². The fourth-order valence-electron chi connectivity index (χ4n) is 3.39. The average molecular weight is 456 g/mol. The van der Waals surface area contributed by atoms with E-state index in [2.05, 4.69) is 4.98 Å². The monoisotopic (exact) mass is 455 g/mol. The van der Waals surface area contributed by atoms with Gasteiger partial charge >= 0.3 is 0 Å². The van der Waals surface area contributed by atoms with E-state index in [1.807, 2.05) is 43.3 Å². The van der Waals surface area contributed by atoms with Crippen LogP contribution in [0.3, 0.4) is 0 Å². The van der Waals surface area contributed by atoms with E-state index >= 15 is 0 Å². The van der Waals surface area contributed by atoms with Crippen molar-refractivity contribution < 1.29 is 17.5 Å². The van der Waals surface area contributed by atoms with Gasteiger partial charge in [0.15, 0.2) is 9.84 Å². The van der Waals surface area contributed by atoms with Crippen LogP contribution in [0, 0.1) is 12.7 Å². The topological polar surface area (TPSA) is 56.3 Å². The maximum Gasteiger partial charge on any atom is 0.178 e. The highest BCUT2D eigenvalue weighted by Crippen LogP contribution is 2.34. The van der Waals surface area contributed by atoms with Gasteiger partial charge in [-0.3, -0.25) is 4.98 Å². The van der Waals surface area contributed by atoms with Crippen LogP contribution >= 0.6 is 11.6 Å². The Balaban J connectivity index is 1.76. The summed E-state index contributed by atoms with van der Waals surface area (Å²) in [6.07, 6.45) is 0. The molecule has 7 heteroatoms. The molecule has 0 saturated carbocycles. The number of ether oxygens (including phenoxy) is 1. The quantitative estimate of drug-likeness (QED) is 0.340. The summed E-state index contributed by atoms with van der Waals surface area (Å²) in [5.74, 6) is -0.232. The van der Waals surface area contributed by atoms with Crippen molar-refractivity contribution in [2.75, 3.05) is 5.75 Å². The first kappa shape index (κ1) is 21.3. The summed E-state index contributed by atoms with van der Waals surface area (Å²) in [7, 11) is -3.56. The number of nitrogens with zero attached hydrogens (tertiary/aromatic N) is 1. The minimum atomic E-state index is -3.56. The molecule has 0 unspecified atom stereocenters. The molecule has 0 fully saturated rings. The first-order valence-corrected chi connectivity index (χ1v) is 11.7. The number of hydrogen-bond acceptors (Lipinski definition) is 4. The summed E-state index contributed by atoms with van der Waals surface area (Å²) in [6, 6.07) is 18.4. The van der Waals surface area contributed by atoms with Gasteiger partial charge in [-0.15, -0.1) is 0 Å². The van der Waals surface area contributed by atoms with Crippen molar-refractivity contribution in [1.82, 2.24) is 4.98 Å². The van der Waals surface area contributed by atoms with Crippen molar-refractivity contribution in [1.29, 1.82) is 0 Å². The van der Waals surface area contributed by atoms with Crippen molar-refractivity contribution in [3.63, 3.8) is 0 Å². The standard InChI is InChI=1S/C24H19ClFNO3S/c1-3-31(28,29)20-13-17(26)12-19(14-20)30-18-7-4-6-16(11-18)22-10-15(2)27-24-21(22)8-5-9-23(24)25/h4-14H,3H2,1-2H3. The molecular formula is C24H19ClFNO3S. The van der Waals surface area contributed by atoms with Crippen LogP contribution in [0.1, 0.15) is 12.6 Å². The fourth-order valence-corrected chi connectivity index (χ4v) is 4.52. The van der Waals surface area contributed by atoms with Gasteiger partial charge in [-0.25, -0.2) is 12.8 Å². The second-order valence-electron chi connectivity index (χ2n) is 7.10. The number of para-hydroxylation sites is 1. The van der Waals surface area contributed by atoms with Crippen LogP contribution in [0.15, 0.2) is 71.6 Å². The summed E-state index contributed by atoms with van der Waals surface area (Å²) >= 11 is 6.33. The number of halogens is 2. The Morgan fingerprint density at radius 2 is 1.77 bits per heavy atom. The number of sulfone groups is 1. The molecule has 4 rings (SSSR count). The summed E-state index contributed by atoms with van der Waals surface area (Å²) in [6.45, 7) is 3.41. The van der Waals surface area contributed by atoms with E-state index in [4.69, 9.17) is 16.3 Å². The van der Waals surface area contributed by atoms with Crippen LogP contribution in [0.2, 0.25) is 5.02 Å². The molecule has 1 aromatic heterocycles. The summed E-state index contributed by atoms with van der Waals surface area (Å²) < 4.78 is 44.1. The summed E-state index contributed by atoms with van der Waals surface area (Å²) in [4.78, 5) is 4.44. The Labute approximate surface area is 185 Å². The molecule has 0 amide bonds. The Bertz CT molecular complexity index is 1400. The molecule has 4 aromatic rings. The Hall–Kier alpha value is -2.96. The van der Waals surface area contributed by atoms with Crippen LogP contribution in [0.4, 0.5) is 4.39 Å². The van der Waals surface area contributed by atoms with E-state index in [1.165, 1.54) is 13.0 Å².